The molecule has 0 aliphatic rings. The zero-order valence-corrected chi connectivity index (χ0v) is 5.56. The maximum absolute atomic E-state index is 9.78. The molecule has 0 aromatic heterocycles. The Morgan fingerprint density at radius 1 is 1.67 bits per heavy atom. The SMILES string of the molecule is O=C(O)NC/C=C/CCl. The molecule has 2 N–H and O–H groups in total. The number of rotatable bonds is 3. The van der Waals surface area contributed by atoms with Gasteiger partial charge in [-0.2, -0.15) is 0 Å². The lowest BCUT2D eigenvalue weighted by molar-refractivity contribution is 0.195. The van der Waals surface area contributed by atoms with E-state index in [1.807, 2.05) is 0 Å². The van der Waals surface area contributed by atoms with Gasteiger partial charge in [-0.1, -0.05) is 12.2 Å². The first-order valence-electron chi connectivity index (χ1n) is 2.45. The number of nitrogens with one attached hydrogen (secondary N) is 1. The molecule has 0 aliphatic heterocycles. The standard InChI is InChI=1S/C5H8ClNO2/c6-3-1-2-4-7-5(8)9/h1-2,7H,3-4H2,(H,8,9)/b2-1+. The topological polar surface area (TPSA) is 49.3 Å². The maximum Gasteiger partial charge on any atom is 0.404 e. The van der Waals surface area contributed by atoms with Crippen molar-refractivity contribution in [1.82, 2.24) is 5.32 Å². The second kappa shape index (κ2) is 5.44. The van der Waals surface area contributed by atoms with Crippen LogP contribution in [0.5, 0.6) is 0 Å². The van der Waals surface area contributed by atoms with E-state index >= 15 is 0 Å². The van der Waals surface area contributed by atoms with Crippen molar-refractivity contribution in [2.24, 2.45) is 0 Å². The molecule has 52 valence electrons. The van der Waals surface area contributed by atoms with Gasteiger partial charge in [0.1, 0.15) is 0 Å². The highest BCUT2D eigenvalue weighted by Crippen LogP contribution is 1.75. The molecule has 9 heavy (non-hydrogen) atoms. The molecular formula is C5H8ClNO2. The minimum Gasteiger partial charge on any atom is -0.465 e. The molecule has 0 rings (SSSR count). The number of amides is 1. The normalized spacial score (nSPS) is 9.89. The number of alkyl halides is 1. The summed E-state index contributed by atoms with van der Waals surface area (Å²) in [5.41, 5.74) is 0. The molecule has 3 nitrogen and oxygen atoms in total. The first-order valence-corrected chi connectivity index (χ1v) is 2.98. The zero-order valence-electron chi connectivity index (χ0n) is 4.80. The van der Waals surface area contributed by atoms with Crippen LogP contribution in [0, 0.1) is 0 Å². The Morgan fingerprint density at radius 2 is 2.33 bits per heavy atom. The van der Waals surface area contributed by atoms with Crippen LogP contribution in [0.2, 0.25) is 0 Å². The molecular weight excluding hydrogens is 142 g/mol. The third-order valence-corrected chi connectivity index (χ3v) is 0.805. The number of allylic oxidation sites excluding steroid dienone is 1. The molecule has 0 aromatic rings. The van der Waals surface area contributed by atoms with Crippen LogP contribution in [0.25, 0.3) is 0 Å². The van der Waals surface area contributed by atoms with E-state index in [0.29, 0.717) is 12.4 Å². The number of halogens is 1. The summed E-state index contributed by atoms with van der Waals surface area (Å²) in [4.78, 5) is 9.78. The number of carboxylic acid groups (broad SMARTS) is 1. The summed E-state index contributed by atoms with van der Waals surface area (Å²) in [6, 6.07) is 0. The second-order valence-corrected chi connectivity index (χ2v) is 1.62. The lowest BCUT2D eigenvalue weighted by atomic mass is 10.5. The van der Waals surface area contributed by atoms with E-state index in [1.54, 1.807) is 12.2 Å². The second-order valence-electron chi connectivity index (χ2n) is 1.31. The summed E-state index contributed by atoms with van der Waals surface area (Å²) in [6.07, 6.45) is 2.31. The van der Waals surface area contributed by atoms with Crippen molar-refractivity contribution < 1.29 is 9.90 Å². The highest BCUT2D eigenvalue weighted by atomic mass is 35.5. The predicted molar refractivity (Wildman–Crippen MR) is 35.9 cm³/mol. The van der Waals surface area contributed by atoms with E-state index in [-0.39, 0.29) is 0 Å². The fraction of sp³-hybridized carbons (Fsp3) is 0.400. The van der Waals surface area contributed by atoms with Crippen molar-refractivity contribution in [3.63, 3.8) is 0 Å². The van der Waals surface area contributed by atoms with Crippen LogP contribution in [0.4, 0.5) is 4.79 Å². The molecule has 0 saturated carbocycles. The monoisotopic (exact) mass is 149 g/mol. The highest BCUT2D eigenvalue weighted by molar-refractivity contribution is 6.18. The van der Waals surface area contributed by atoms with Crippen LogP contribution in [0.3, 0.4) is 0 Å². The average molecular weight is 150 g/mol. The summed E-state index contributed by atoms with van der Waals surface area (Å²) >= 11 is 5.25. The van der Waals surface area contributed by atoms with E-state index < -0.39 is 6.09 Å². The fourth-order valence-corrected chi connectivity index (χ4v) is 0.419. The third-order valence-electron chi connectivity index (χ3n) is 0.627. The van der Waals surface area contributed by atoms with Crippen LogP contribution in [0.15, 0.2) is 12.2 Å². The molecule has 0 heterocycles. The lowest BCUT2D eigenvalue weighted by Gasteiger charge is -1.90. The van der Waals surface area contributed by atoms with Crippen LogP contribution in [0.1, 0.15) is 0 Å². The van der Waals surface area contributed by atoms with E-state index in [4.69, 9.17) is 16.7 Å². The Morgan fingerprint density at radius 3 is 2.78 bits per heavy atom. The Kier molecular flexibility index (Phi) is 5.01. The molecule has 0 spiro atoms. The Balaban J connectivity index is 3.09. The number of hydrogen-bond donors (Lipinski definition) is 2. The number of carbonyl (C=O) groups is 1. The van der Waals surface area contributed by atoms with E-state index in [9.17, 15) is 4.79 Å². The van der Waals surface area contributed by atoms with Crippen LogP contribution in [-0.4, -0.2) is 23.6 Å². The van der Waals surface area contributed by atoms with Crippen molar-refractivity contribution in [3.05, 3.63) is 12.2 Å². The highest BCUT2D eigenvalue weighted by Gasteiger charge is 1.86. The summed E-state index contributed by atoms with van der Waals surface area (Å²) < 4.78 is 0. The van der Waals surface area contributed by atoms with Crippen LogP contribution >= 0.6 is 11.6 Å². The van der Waals surface area contributed by atoms with Gasteiger partial charge in [-0.05, 0) is 0 Å². The van der Waals surface area contributed by atoms with Crippen LogP contribution < -0.4 is 5.32 Å². The molecule has 0 radical (unpaired) electrons. The van der Waals surface area contributed by atoms with Crippen molar-refractivity contribution in [1.29, 1.82) is 0 Å². The van der Waals surface area contributed by atoms with Gasteiger partial charge in [-0.3, -0.25) is 0 Å². The summed E-state index contributed by atoms with van der Waals surface area (Å²) in [5.74, 6) is 0.418. The summed E-state index contributed by atoms with van der Waals surface area (Å²) in [5, 5.41) is 10.2. The molecule has 0 unspecified atom stereocenters. The molecule has 0 saturated heterocycles. The minimum absolute atomic E-state index is 0.321. The maximum atomic E-state index is 9.78. The quantitative estimate of drug-likeness (QED) is 0.466. The first-order chi connectivity index (χ1) is 4.27. The van der Waals surface area contributed by atoms with Crippen molar-refractivity contribution in [3.8, 4) is 0 Å². The van der Waals surface area contributed by atoms with Gasteiger partial charge in [0.25, 0.3) is 0 Å². The predicted octanol–water partition coefficient (Wildman–Crippen LogP) is 1.05. The zero-order chi connectivity index (χ0) is 7.11. The molecule has 0 fully saturated rings. The fourth-order valence-electron chi connectivity index (χ4n) is 0.293. The van der Waals surface area contributed by atoms with Gasteiger partial charge in [0.2, 0.25) is 0 Å². The molecule has 0 aliphatic carbocycles. The lowest BCUT2D eigenvalue weighted by Crippen LogP contribution is -2.20. The molecule has 4 heteroatoms. The Labute approximate surface area is 58.3 Å². The van der Waals surface area contributed by atoms with E-state index in [0.717, 1.165) is 0 Å². The molecule has 0 aromatic carbocycles. The molecule has 0 bridgehead atoms. The minimum atomic E-state index is -1.02. The van der Waals surface area contributed by atoms with Gasteiger partial charge < -0.3 is 10.4 Å². The average Bonchev–Trinajstić information content (AvgIpc) is 1.80. The van der Waals surface area contributed by atoms with Crippen molar-refractivity contribution >= 4 is 17.7 Å². The molecule has 0 atom stereocenters. The molecule has 1 amide bonds. The van der Waals surface area contributed by atoms with E-state index in [1.165, 1.54) is 0 Å². The van der Waals surface area contributed by atoms with E-state index in [2.05, 4.69) is 5.32 Å². The van der Waals surface area contributed by atoms with Gasteiger partial charge in [0.05, 0.1) is 0 Å². The Bertz CT molecular complexity index is 114. The van der Waals surface area contributed by atoms with Crippen molar-refractivity contribution in [2.45, 2.75) is 0 Å². The van der Waals surface area contributed by atoms with Crippen LogP contribution in [-0.2, 0) is 0 Å². The Hall–Kier alpha value is -0.700. The third kappa shape index (κ3) is 7.30. The van der Waals surface area contributed by atoms with Crippen molar-refractivity contribution in [2.75, 3.05) is 12.4 Å². The first kappa shape index (κ1) is 8.30. The van der Waals surface area contributed by atoms with Gasteiger partial charge in [-0.25, -0.2) is 4.79 Å². The summed E-state index contributed by atoms with van der Waals surface area (Å²) in [6.45, 7) is 0.321. The van der Waals surface area contributed by atoms with Gasteiger partial charge in [0, 0.05) is 12.4 Å². The van der Waals surface area contributed by atoms with Gasteiger partial charge in [0.15, 0.2) is 0 Å². The number of hydrogen-bond acceptors (Lipinski definition) is 1. The largest absolute Gasteiger partial charge is 0.465 e. The summed E-state index contributed by atoms with van der Waals surface area (Å²) in [7, 11) is 0. The van der Waals surface area contributed by atoms with Gasteiger partial charge in [-0.15, -0.1) is 11.6 Å². The van der Waals surface area contributed by atoms with Gasteiger partial charge >= 0.3 is 6.09 Å². The smallest absolute Gasteiger partial charge is 0.404 e.